The number of hydrogen-bond acceptors (Lipinski definition) is 10. The van der Waals surface area contributed by atoms with E-state index >= 15 is 0 Å². The van der Waals surface area contributed by atoms with Crippen molar-refractivity contribution >= 4 is 51.5 Å². The minimum atomic E-state index is -0.649. The molecule has 0 unspecified atom stereocenters. The maximum atomic E-state index is 12.5. The van der Waals surface area contributed by atoms with Crippen LogP contribution >= 0.6 is 23.1 Å². The van der Waals surface area contributed by atoms with E-state index in [9.17, 15) is 14.4 Å². The summed E-state index contributed by atoms with van der Waals surface area (Å²) in [5, 5.41) is 7.40. The van der Waals surface area contributed by atoms with Crippen LogP contribution in [0.5, 0.6) is 11.5 Å². The Kier molecular flexibility index (Phi) is 7.10. The first-order valence-corrected chi connectivity index (χ1v) is 10.5. The van der Waals surface area contributed by atoms with Gasteiger partial charge in [-0.2, -0.15) is 0 Å². The second kappa shape index (κ2) is 9.95. The first kappa shape index (κ1) is 22.1. The molecule has 0 aliphatic carbocycles. The number of anilines is 3. The molecule has 162 valence electrons. The number of aromatic nitrogens is 3. The van der Waals surface area contributed by atoms with Gasteiger partial charge in [0.1, 0.15) is 5.69 Å². The zero-order chi connectivity index (χ0) is 22.4. The molecule has 31 heavy (non-hydrogen) atoms. The monoisotopic (exact) mass is 462 g/mol. The highest BCUT2D eigenvalue weighted by Crippen LogP contribution is 2.28. The molecule has 0 fully saturated rings. The lowest BCUT2D eigenvalue weighted by Gasteiger charge is -2.11. The van der Waals surface area contributed by atoms with Crippen molar-refractivity contribution in [1.29, 1.82) is 0 Å². The topological polar surface area (TPSA) is 161 Å². The standard InChI is InChI=1S/C18H18N6O5S2/c1-28-10-4-3-9(7-11(10)29-2)15(26)22-13-14(19)23-18(24-16(13)27)31-8-12(25)21-17-20-5-6-30-17/h3-7H,8H2,1-2H3,(H,22,26)(H,20,21,25)(H3,19,23,24,27). The molecule has 1 aromatic carbocycles. The lowest BCUT2D eigenvalue weighted by Crippen LogP contribution is -2.23. The van der Waals surface area contributed by atoms with Gasteiger partial charge in [0.15, 0.2) is 27.6 Å². The molecule has 2 amide bonds. The third kappa shape index (κ3) is 5.52. The van der Waals surface area contributed by atoms with E-state index in [1.807, 2.05) is 0 Å². The van der Waals surface area contributed by atoms with E-state index < -0.39 is 11.5 Å². The summed E-state index contributed by atoms with van der Waals surface area (Å²) in [6, 6.07) is 4.55. The number of benzene rings is 1. The first-order chi connectivity index (χ1) is 14.9. The normalized spacial score (nSPS) is 10.4. The Balaban J connectivity index is 1.68. The number of thiazole rings is 1. The summed E-state index contributed by atoms with van der Waals surface area (Å²) in [5.74, 6) is -0.272. The van der Waals surface area contributed by atoms with Crippen LogP contribution in [0.2, 0.25) is 0 Å². The van der Waals surface area contributed by atoms with Crippen LogP contribution in [0.4, 0.5) is 16.6 Å². The fraction of sp³-hybridized carbons (Fsp3) is 0.167. The summed E-state index contributed by atoms with van der Waals surface area (Å²) in [4.78, 5) is 47.3. The molecular formula is C18H18N6O5S2. The third-order valence-electron chi connectivity index (χ3n) is 3.83. The molecule has 2 heterocycles. The zero-order valence-corrected chi connectivity index (χ0v) is 18.1. The van der Waals surface area contributed by atoms with Gasteiger partial charge in [-0.3, -0.25) is 19.4 Å². The lowest BCUT2D eigenvalue weighted by molar-refractivity contribution is -0.113. The summed E-state index contributed by atoms with van der Waals surface area (Å²) in [5.41, 5.74) is 5.24. The van der Waals surface area contributed by atoms with Gasteiger partial charge in [-0.05, 0) is 18.2 Å². The maximum absolute atomic E-state index is 12.5. The number of methoxy groups -OCH3 is 2. The molecule has 0 saturated carbocycles. The fourth-order valence-electron chi connectivity index (χ4n) is 2.40. The van der Waals surface area contributed by atoms with E-state index in [1.165, 1.54) is 37.7 Å². The van der Waals surface area contributed by atoms with Crippen LogP contribution in [0.3, 0.4) is 0 Å². The SMILES string of the molecule is COc1ccc(C(=O)Nc2c(N)nc(SCC(=O)Nc3nccs3)[nH]c2=O)cc1OC. The van der Waals surface area contributed by atoms with Crippen molar-refractivity contribution in [3.8, 4) is 11.5 Å². The summed E-state index contributed by atoms with van der Waals surface area (Å²) in [6.07, 6.45) is 1.57. The van der Waals surface area contributed by atoms with Gasteiger partial charge in [0.2, 0.25) is 5.91 Å². The molecule has 0 atom stereocenters. The minimum Gasteiger partial charge on any atom is -0.493 e. The number of hydrogen-bond donors (Lipinski definition) is 4. The number of H-pyrrole nitrogens is 1. The number of thioether (sulfide) groups is 1. The molecule has 11 nitrogen and oxygen atoms in total. The van der Waals surface area contributed by atoms with Crippen molar-refractivity contribution in [2.24, 2.45) is 0 Å². The van der Waals surface area contributed by atoms with Gasteiger partial charge in [0.25, 0.3) is 11.5 Å². The van der Waals surface area contributed by atoms with Crippen LogP contribution in [-0.2, 0) is 4.79 Å². The van der Waals surface area contributed by atoms with Crippen LogP contribution in [0.1, 0.15) is 10.4 Å². The molecular weight excluding hydrogens is 444 g/mol. The number of nitrogen functional groups attached to an aromatic ring is 1. The molecule has 5 N–H and O–H groups in total. The second-order valence-corrected chi connectivity index (χ2v) is 7.69. The van der Waals surface area contributed by atoms with Crippen LogP contribution < -0.4 is 31.4 Å². The number of amides is 2. The molecule has 3 aromatic rings. The Morgan fingerprint density at radius 3 is 2.65 bits per heavy atom. The van der Waals surface area contributed by atoms with Gasteiger partial charge in [-0.15, -0.1) is 11.3 Å². The summed E-state index contributed by atoms with van der Waals surface area (Å²) < 4.78 is 10.3. The van der Waals surface area contributed by atoms with Crippen molar-refractivity contribution in [3.05, 3.63) is 45.7 Å². The van der Waals surface area contributed by atoms with E-state index in [0.717, 1.165) is 11.8 Å². The number of carbonyl (C=O) groups excluding carboxylic acids is 2. The van der Waals surface area contributed by atoms with Crippen molar-refractivity contribution < 1.29 is 19.1 Å². The Morgan fingerprint density at radius 2 is 2.00 bits per heavy atom. The number of nitrogens with two attached hydrogens (primary N) is 1. The minimum absolute atomic E-state index is 0.0146. The number of aromatic amines is 1. The van der Waals surface area contributed by atoms with Gasteiger partial charge < -0.3 is 25.8 Å². The Morgan fingerprint density at radius 1 is 1.23 bits per heavy atom. The second-order valence-electron chi connectivity index (χ2n) is 5.83. The Bertz CT molecular complexity index is 1150. The van der Waals surface area contributed by atoms with E-state index in [2.05, 4.69) is 25.6 Å². The Hall–Kier alpha value is -3.58. The average molecular weight is 463 g/mol. The van der Waals surface area contributed by atoms with Crippen LogP contribution in [0.15, 0.2) is 39.7 Å². The molecule has 0 aliphatic heterocycles. The predicted octanol–water partition coefficient (Wildman–Crippen LogP) is 1.81. The molecule has 0 bridgehead atoms. The smallest absolute Gasteiger partial charge is 0.277 e. The molecule has 0 radical (unpaired) electrons. The first-order valence-electron chi connectivity index (χ1n) is 8.66. The lowest BCUT2D eigenvalue weighted by atomic mass is 10.2. The van der Waals surface area contributed by atoms with Crippen molar-refractivity contribution in [1.82, 2.24) is 15.0 Å². The van der Waals surface area contributed by atoms with Crippen LogP contribution in [-0.4, -0.2) is 46.7 Å². The summed E-state index contributed by atoms with van der Waals surface area (Å²) in [6.45, 7) is 0. The third-order valence-corrected chi connectivity index (χ3v) is 5.39. The van der Waals surface area contributed by atoms with Crippen molar-refractivity contribution in [2.45, 2.75) is 5.16 Å². The van der Waals surface area contributed by atoms with Crippen molar-refractivity contribution in [2.75, 3.05) is 36.3 Å². The quantitative estimate of drug-likeness (QED) is 0.289. The molecule has 2 aromatic heterocycles. The van der Waals surface area contributed by atoms with Gasteiger partial charge in [0.05, 0.1) is 20.0 Å². The predicted molar refractivity (Wildman–Crippen MR) is 118 cm³/mol. The number of nitrogens with one attached hydrogen (secondary N) is 3. The van der Waals surface area contributed by atoms with Crippen molar-refractivity contribution in [3.63, 3.8) is 0 Å². The van der Waals surface area contributed by atoms with Gasteiger partial charge in [0, 0.05) is 17.1 Å². The van der Waals surface area contributed by atoms with Crippen LogP contribution in [0.25, 0.3) is 0 Å². The number of ether oxygens (including phenoxy) is 2. The van der Waals surface area contributed by atoms with Gasteiger partial charge >= 0.3 is 0 Å². The molecule has 0 aliphatic rings. The highest BCUT2D eigenvalue weighted by atomic mass is 32.2. The highest BCUT2D eigenvalue weighted by Gasteiger charge is 2.16. The highest BCUT2D eigenvalue weighted by molar-refractivity contribution is 7.99. The number of carbonyl (C=O) groups is 2. The maximum Gasteiger partial charge on any atom is 0.277 e. The zero-order valence-electron chi connectivity index (χ0n) is 16.4. The van der Waals surface area contributed by atoms with E-state index in [0.29, 0.717) is 16.6 Å². The fourth-order valence-corrected chi connectivity index (χ4v) is 3.61. The molecule has 3 rings (SSSR count). The van der Waals surface area contributed by atoms with Gasteiger partial charge in [-0.25, -0.2) is 9.97 Å². The van der Waals surface area contributed by atoms with E-state index in [-0.39, 0.29) is 33.9 Å². The molecule has 0 spiro atoms. The molecule has 0 saturated heterocycles. The molecule has 13 heteroatoms. The Labute approximate surface area is 184 Å². The number of nitrogens with zero attached hydrogens (tertiary/aromatic N) is 2. The number of rotatable bonds is 8. The summed E-state index contributed by atoms with van der Waals surface area (Å²) in [7, 11) is 2.92. The van der Waals surface area contributed by atoms with Crippen LogP contribution in [0, 0.1) is 0 Å². The van der Waals surface area contributed by atoms with E-state index in [4.69, 9.17) is 15.2 Å². The van der Waals surface area contributed by atoms with E-state index in [1.54, 1.807) is 17.6 Å². The summed E-state index contributed by atoms with van der Waals surface area (Å²) >= 11 is 2.27. The average Bonchev–Trinajstić information content (AvgIpc) is 3.27. The largest absolute Gasteiger partial charge is 0.493 e. The van der Waals surface area contributed by atoms with Gasteiger partial charge in [-0.1, -0.05) is 11.8 Å².